The molecule has 2 N–H and O–H groups in total. The average Bonchev–Trinajstić information content (AvgIpc) is 2.33. The van der Waals surface area contributed by atoms with Gasteiger partial charge >= 0.3 is 0 Å². The van der Waals surface area contributed by atoms with Crippen molar-refractivity contribution in [2.45, 2.75) is 25.9 Å². The molecule has 1 aromatic carbocycles. The summed E-state index contributed by atoms with van der Waals surface area (Å²) in [6.07, 6.45) is 1.13. The number of carbonyl (C=O) groups is 1. The van der Waals surface area contributed by atoms with Crippen LogP contribution >= 0.6 is 0 Å². The lowest BCUT2D eigenvalue weighted by molar-refractivity contribution is -0.115. The Balaban J connectivity index is 2.28. The first kappa shape index (κ1) is 13.3. The molecule has 1 unspecified atom stereocenters. The van der Waals surface area contributed by atoms with Gasteiger partial charge in [-0.15, -0.1) is 0 Å². The highest BCUT2D eigenvalue weighted by molar-refractivity contribution is 5.94. The minimum Gasteiger partial charge on any atom is -0.393 e. The number of aliphatic hydroxyl groups excluding tert-OH is 1. The molecule has 1 aromatic rings. The Morgan fingerprint density at radius 3 is 2.76 bits per heavy atom. The molecular weight excluding hydrogens is 214 g/mol. The van der Waals surface area contributed by atoms with Crippen molar-refractivity contribution in [3.05, 3.63) is 35.9 Å². The lowest BCUT2D eigenvalue weighted by Crippen LogP contribution is -2.23. The molecule has 0 fully saturated rings. The minimum atomic E-state index is -0.317. The van der Waals surface area contributed by atoms with Crippen LogP contribution in [0.15, 0.2) is 30.3 Å². The second kappa shape index (κ2) is 7.48. The molecule has 0 aromatic heterocycles. The highest BCUT2D eigenvalue weighted by Crippen LogP contribution is 1.95. The van der Waals surface area contributed by atoms with Gasteiger partial charge in [0.2, 0.25) is 0 Å². The number of nitrogens with one attached hydrogen (secondary N) is 1. The zero-order valence-electron chi connectivity index (χ0n) is 9.94. The summed E-state index contributed by atoms with van der Waals surface area (Å²) >= 11 is 0. The van der Waals surface area contributed by atoms with Crippen LogP contribution < -0.4 is 5.32 Å². The van der Waals surface area contributed by atoms with Gasteiger partial charge in [0.25, 0.3) is 5.91 Å². The van der Waals surface area contributed by atoms with Gasteiger partial charge in [-0.3, -0.25) is 4.79 Å². The van der Waals surface area contributed by atoms with E-state index < -0.39 is 0 Å². The van der Waals surface area contributed by atoms with Gasteiger partial charge < -0.3 is 10.4 Å². The molecular formula is C14H17NO2. The fourth-order valence-electron chi connectivity index (χ4n) is 1.29. The molecule has 0 aliphatic rings. The van der Waals surface area contributed by atoms with Crippen molar-refractivity contribution in [2.75, 3.05) is 6.54 Å². The molecule has 90 valence electrons. The maximum Gasteiger partial charge on any atom is 0.296 e. The molecule has 3 heteroatoms. The van der Waals surface area contributed by atoms with Gasteiger partial charge in [-0.1, -0.05) is 24.1 Å². The van der Waals surface area contributed by atoms with E-state index in [9.17, 15) is 4.79 Å². The Morgan fingerprint density at radius 2 is 2.12 bits per heavy atom. The standard InChI is InChI=1S/C14H17NO2/c1-12(16)6-5-11-15-14(17)10-9-13-7-3-2-4-8-13/h2-4,7-8,12,16H,5-6,11H2,1H3,(H,15,17). The van der Waals surface area contributed by atoms with E-state index in [1.807, 2.05) is 30.3 Å². The quantitative estimate of drug-likeness (QED) is 0.606. The van der Waals surface area contributed by atoms with E-state index in [1.54, 1.807) is 6.92 Å². The number of amides is 1. The highest BCUT2D eigenvalue weighted by atomic mass is 16.3. The van der Waals surface area contributed by atoms with E-state index in [4.69, 9.17) is 5.11 Å². The smallest absolute Gasteiger partial charge is 0.296 e. The van der Waals surface area contributed by atoms with Crippen LogP contribution in [-0.2, 0) is 4.79 Å². The summed E-state index contributed by atoms with van der Waals surface area (Å²) in [5.74, 6) is 5.03. The number of rotatable bonds is 4. The van der Waals surface area contributed by atoms with E-state index in [-0.39, 0.29) is 12.0 Å². The molecule has 3 nitrogen and oxygen atoms in total. The first-order valence-electron chi connectivity index (χ1n) is 5.71. The molecule has 1 rings (SSSR count). The predicted molar refractivity (Wildman–Crippen MR) is 67.2 cm³/mol. The third kappa shape index (κ3) is 6.39. The summed E-state index contributed by atoms with van der Waals surface area (Å²) in [6, 6.07) is 9.37. The Morgan fingerprint density at radius 1 is 1.41 bits per heavy atom. The maximum atomic E-state index is 11.3. The fraction of sp³-hybridized carbons (Fsp3) is 0.357. The van der Waals surface area contributed by atoms with E-state index in [0.29, 0.717) is 13.0 Å². The van der Waals surface area contributed by atoms with Crippen LogP contribution in [0.4, 0.5) is 0 Å². The van der Waals surface area contributed by atoms with Crippen LogP contribution in [0.2, 0.25) is 0 Å². The summed E-state index contributed by atoms with van der Waals surface area (Å²) in [4.78, 5) is 11.3. The lowest BCUT2D eigenvalue weighted by atomic mass is 10.2. The Labute approximate surface area is 102 Å². The van der Waals surface area contributed by atoms with E-state index in [0.717, 1.165) is 12.0 Å². The van der Waals surface area contributed by atoms with Crippen LogP contribution in [0.25, 0.3) is 0 Å². The SMILES string of the molecule is CC(O)CCCNC(=O)C#Cc1ccccc1. The number of hydrogen-bond donors (Lipinski definition) is 2. The summed E-state index contributed by atoms with van der Waals surface area (Å²) in [5, 5.41) is 11.7. The Kier molecular flexibility index (Phi) is 5.84. The minimum absolute atomic E-state index is 0.278. The number of carbonyl (C=O) groups excluding carboxylic acids is 1. The first-order valence-corrected chi connectivity index (χ1v) is 5.71. The molecule has 0 heterocycles. The van der Waals surface area contributed by atoms with Crippen LogP contribution in [0, 0.1) is 11.8 Å². The van der Waals surface area contributed by atoms with Gasteiger partial charge in [0, 0.05) is 18.0 Å². The third-order valence-electron chi connectivity index (χ3n) is 2.18. The normalized spacial score (nSPS) is 11.2. The Bertz CT molecular complexity index is 401. The van der Waals surface area contributed by atoms with Crippen molar-refractivity contribution in [1.82, 2.24) is 5.32 Å². The van der Waals surface area contributed by atoms with Crippen LogP contribution in [0.3, 0.4) is 0 Å². The van der Waals surface area contributed by atoms with Crippen LogP contribution in [0.5, 0.6) is 0 Å². The number of hydrogen-bond acceptors (Lipinski definition) is 2. The molecule has 0 saturated carbocycles. The molecule has 1 atom stereocenters. The van der Waals surface area contributed by atoms with Crippen molar-refractivity contribution in [3.63, 3.8) is 0 Å². The van der Waals surface area contributed by atoms with E-state index in [1.165, 1.54) is 0 Å². The highest BCUT2D eigenvalue weighted by Gasteiger charge is 1.97. The Hall–Kier alpha value is -1.79. The molecule has 1 amide bonds. The summed E-state index contributed by atoms with van der Waals surface area (Å²) in [6.45, 7) is 2.28. The third-order valence-corrected chi connectivity index (χ3v) is 2.18. The van der Waals surface area contributed by atoms with Gasteiger partial charge in [-0.25, -0.2) is 0 Å². The zero-order chi connectivity index (χ0) is 12.5. The molecule has 17 heavy (non-hydrogen) atoms. The first-order chi connectivity index (χ1) is 8.18. The summed E-state index contributed by atoms with van der Waals surface area (Å²) < 4.78 is 0. The van der Waals surface area contributed by atoms with Crippen molar-refractivity contribution in [1.29, 1.82) is 0 Å². The summed E-state index contributed by atoms with van der Waals surface area (Å²) in [7, 11) is 0. The molecule has 0 aliphatic heterocycles. The second-order valence-corrected chi connectivity index (χ2v) is 3.86. The van der Waals surface area contributed by atoms with Gasteiger partial charge in [-0.05, 0) is 31.9 Å². The van der Waals surface area contributed by atoms with Gasteiger partial charge in [0.1, 0.15) is 0 Å². The zero-order valence-corrected chi connectivity index (χ0v) is 9.94. The second-order valence-electron chi connectivity index (χ2n) is 3.86. The molecule has 0 bridgehead atoms. The monoisotopic (exact) mass is 231 g/mol. The topological polar surface area (TPSA) is 49.3 Å². The molecule has 0 saturated heterocycles. The largest absolute Gasteiger partial charge is 0.393 e. The van der Waals surface area contributed by atoms with Gasteiger partial charge in [0.15, 0.2) is 0 Å². The molecule has 0 aliphatic carbocycles. The lowest BCUT2D eigenvalue weighted by Gasteiger charge is -2.03. The van der Waals surface area contributed by atoms with Crippen LogP contribution in [0.1, 0.15) is 25.3 Å². The number of benzene rings is 1. The van der Waals surface area contributed by atoms with Crippen molar-refractivity contribution in [2.24, 2.45) is 0 Å². The fourth-order valence-corrected chi connectivity index (χ4v) is 1.29. The van der Waals surface area contributed by atoms with Crippen molar-refractivity contribution >= 4 is 5.91 Å². The number of aliphatic hydroxyl groups is 1. The predicted octanol–water partition coefficient (Wildman–Crippen LogP) is 1.32. The molecule has 0 spiro atoms. The van der Waals surface area contributed by atoms with Crippen molar-refractivity contribution in [3.8, 4) is 11.8 Å². The van der Waals surface area contributed by atoms with Crippen LogP contribution in [-0.4, -0.2) is 23.7 Å². The summed E-state index contributed by atoms with van der Waals surface area (Å²) in [5.41, 5.74) is 0.826. The van der Waals surface area contributed by atoms with Gasteiger partial charge in [-0.2, -0.15) is 0 Å². The van der Waals surface area contributed by atoms with E-state index in [2.05, 4.69) is 17.2 Å². The van der Waals surface area contributed by atoms with Gasteiger partial charge in [0.05, 0.1) is 6.10 Å². The van der Waals surface area contributed by atoms with Crippen molar-refractivity contribution < 1.29 is 9.90 Å². The molecule has 0 radical (unpaired) electrons. The average molecular weight is 231 g/mol. The maximum absolute atomic E-state index is 11.3. The van der Waals surface area contributed by atoms with E-state index >= 15 is 0 Å².